The lowest BCUT2D eigenvalue weighted by Crippen LogP contribution is -2.19. The third-order valence-electron chi connectivity index (χ3n) is 2.65. The van der Waals surface area contributed by atoms with Gasteiger partial charge >= 0.3 is 0 Å². The van der Waals surface area contributed by atoms with Crippen LogP contribution in [0.5, 0.6) is 0 Å². The van der Waals surface area contributed by atoms with Crippen molar-refractivity contribution in [2.24, 2.45) is 5.10 Å². The summed E-state index contributed by atoms with van der Waals surface area (Å²) in [6, 6.07) is 7.22. The van der Waals surface area contributed by atoms with Crippen LogP contribution in [0.3, 0.4) is 0 Å². The third-order valence-corrected chi connectivity index (χ3v) is 2.65. The van der Waals surface area contributed by atoms with Crippen molar-refractivity contribution >= 4 is 11.6 Å². The first-order valence-corrected chi connectivity index (χ1v) is 5.91. The number of aryl methyl sites for hydroxylation is 2. The highest BCUT2D eigenvalue weighted by Gasteiger charge is 2.12. The standard InChI is InChI=1S/C14H15N3O2/c1-9-8-12(11(3)19-9)14(18)17-16-10(2)13-6-4-5-7-15-13/h4-8H,1-3H3,(H,17,18)/b16-10-. The molecule has 2 heterocycles. The topological polar surface area (TPSA) is 67.5 Å². The zero-order valence-corrected chi connectivity index (χ0v) is 11.1. The largest absolute Gasteiger partial charge is 0.466 e. The van der Waals surface area contributed by atoms with Gasteiger partial charge in [-0.2, -0.15) is 5.10 Å². The van der Waals surface area contributed by atoms with Gasteiger partial charge in [-0.3, -0.25) is 9.78 Å². The van der Waals surface area contributed by atoms with Crippen molar-refractivity contribution in [1.29, 1.82) is 0 Å². The highest BCUT2D eigenvalue weighted by molar-refractivity contribution is 5.99. The quantitative estimate of drug-likeness (QED) is 0.678. The predicted octanol–water partition coefficient (Wildman–Crippen LogP) is 2.45. The molecular formula is C14H15N3O2. The lowest BCUT2D eigenvalue weighted by atomic mass is 10.2. The van der Waals surface area contributed by atoms with Gasteiger partial charge in [-0.05, 0) is 39.0 Å². The van der Waals surface area contributed by atoms with Crippen molar-refractivity contribution < 1.29 is 9.21 Å². The van der Waals surface area contributed by atoms with Crippen LogP contribution in [-0.2, 0) is 0 Å². The summed E-state index contributed by atoms with van der Waals surface area (Å²) in [6.45, 7) is 5.33. The number of carbonyl (C=O) groups excluding carboxylic acids is 1. The first-order chi connectivity index (χ1) is 9.08. The van der Waals surface area contributed by atoms with Crippen LogP contribution in [0.1, 0.15) is 34.5 Å². The molecule has 0 aliphatic rings. The first-order valence-electron chi connectivity index (χ1n) is 5.91. The Hall–Kier alpha value is -2.43. The lowest BCUT2D eigenvalue weighted by molar-refractivity contribution is 0.0953. The smallest absolute Gasteiger partial charge is 0.274 e. The second kappa shape index (κ2) is 5.48. The molecule has 1 amide bonds. The molecule has 0 bridgehead atoms. The Morgan fingerprint density at radius 1 is 1.37 bits per heavy atom. The molecule has 5 nitrogen and oxygen atoms in total. The monoisotopic (exact) mass is 257 g/mol. The van der Waals surface area contributed by atoms with Crippen molar-refractivity contribution in [3.8, 4) is 0 Å². The molecule has 0 aliphatic carbocycles. The van der Waals surface area contributed by atoms with E-state index >= 15 is 0 Å². The minimum absolute atomic E-state index is 0.287. The maximum absolute atomic E-state index is 11.9. The number of hydrogen-bond donors (Lipinski definition) is 1. The number of hydrazone groups is 1. The molecule has 0 spiro atoms. The van der Waals surface area contributed by atoms with E-state index in [1.54, 1.807) is 33.0 Å². The van der Waals surface area contributed by atoms with Crippen LogP contribution in [0.4, 0.5) is 0 Å². The lowest BCUT2D eigenvalue weighted by Gasteiger charge is -2.01. The third kappa shape index (κ3) is 3.07. The van der Waals surface area contributed by atoms with Crippen LogP contribution in [0.15, 0.2) is 40.0 Å². The Bertz CT molecular complexity index is 615. The number of hydrogen-bond acceptors (Lipinski definition) is 4. The van der Waals surface area contributed by atoms with E-state index in [0.717, 1.165) is 5.69 Å². The molecule has 2 aromatic rings. The van der Waals surface area contributed by atoms with Gasteiger partial charge in [0.1, 0.15) is 11.5 Å². The number of pyridine rings is 1. The highest BCUT2D eigenvalue weighted by Crippen LogP contribution is 2.13. The van der Waals surface area contributed by atoms with Gasteiger partial charge in [-0.25, -0.2) is 5.43 Å². The van der Waals surface area contributed by atoms with E-state index in [4.69, 9.17) is 4.42 Å². The normalized spacial score (nSPS) is 11.4. The molecule has 1 N–H and O–H groups in total. The molecule has 0 unspecified atom stereocenters. The van der Waals surface area contributed by atoms with Crippen LogP contribution in [0.25, 0.3) is 0 Å². The van der Waals surface area contributed by atoms with Gasteiger partial charge in [0.05, 0.1) is 17.0 Å². The van der Waals surface area contributed by atoms with E-state index in [1.165, 1.54) is 0 Å². The second-order valence-corrected chi connectivity index (χ2v) is 4.18. The van der Waals surface area contributed by atoms with Crippen molar-refractivity contribution in [2.45, 2.75) is 20.8 Å². The molecule has 0 fully saturated rings. The van der Waals surface area contributed by atoms with E-state index in [1.807, 2.05) is 18.2 Å². The van der Waals surface area contributed by atoms with Gasteiger partial charge in [0.2, 0.25) is 0 Å². The Balaban J connectivity index is 2.10. The van der Waals surface area contributed by atoms with Gasteiger partial charge in [-0.1, -0.05) is 6.07 Å². The molecule has 2 rings (SSSR count). The molecule has 0 saturated carbocycles. The Morgan fingerprint density at radius 2 is 2.16 bits per heavy atom. The number of nitrogens with zero attached hydrogens (tertiary/aromatic N) is 2. The Kier molecular flexibility index (Phi) is 3.75. The average molecular weight is 257 g/mol. The minimum Gasteiger partial charge on any atom is -0.466 e. The first kappa shape index (κ1) is 13.0. The Morgan fingerprint density at radius 3 is 2.74 bits per heavy atom. The average Bonchev–Trinajstić information content (AvgIpc) is 2.75. The van der Waals surface area contributed by atoms with Gasteiger partial charge in [0.25, 0.3) is 5.91 Å². The fraction of sp³-hybridized carbons (Fsp3) is 0.214. The summed E-state index contributed by atoms with van der Waals surface area (Å²) in [5.74, 6) is 0.999. The molecule has 0 aliphatic heterocycles. The fourth-order valence-electron chi connectivity index (χ4n) is 1.69. The van der Waals surface area contributed by atoms with E-state index < -0.39 is 0 Å². The van der Waals surface area contributed by atoms with Gasteiger partial charge in [-0.15, -0.1) is 0 Å². The van der Waals surface area contributed by atoms with Crippen molar-refractivity contribution in [3.05, 3.63) is 53.2 Å². The van der Waals surface area contributed by atoms with Crippen molar-refractivity contribution in [2.75, 3.05) is 0 Å². The molecular weight excluding hydrogens is 242 g/mol. The number of carbonyl (C=O) groups is 1. The summed E-state index contributed by atoms with van der Waals surface area (Å²) in [5.41, 5.74) is 4.37. The molecule has 0 saturated heterocycles. The molecule has 2 aromatic heterocycles. The molecule has 5 heteroatoms. The zero-order chi connectivity index (χ0) is 13.8. The van der Waals surface area contributed by atoms with Crippen LogP contribution in [0.2, 0.25) is 0 Å². The summed E-state index contributed by atoms with van der Waals surface area (Å²) in [4.78, 5) is 16.1. The number of aromatic nitrogens is 1. The number of amides is 1. The molecule has 98 valence electrons. The van der Waals surface area contributed by atoms with E-state index in [9.17, 15) is 4.79 Å². The zero-order valence-electron chi connectivity index (χ0n) is 11.1. The molecule has 0 radical (unpaired) electrons. The van der Waals surface area contributed by atoms with Gasteiger partial charge in [0, 0.05) is 6.20 Å². The summed E-state index contributed by atoms with van der Waals surface area (Å²) >= 11 is 0. The SMILES string of the molecule is C/C(=N/NC(=O)c1cc(C)oc1C)c1ccccn1. The summed E-state index contributed by atoms with van der Waals surface area (Å²) in [6.07, 6.45) is 1.68. The minimum atomic E-state index is -0.287. The second-order valence-electron chi connectivity index (χ2n) is 4.18. The molecule has 0 aromatic carbocycles. The Labute approximate surface area is 111 Å². The summed E-state index contributed by atoms with van der Waals surface area (Å²) in [5, 5.41) is 4.03. The van der Waals surface area contributed by atoms with Crippen molar-refractivity contribution in [1.82, 2.24) is 10.4 Å². The van der Waals surface area contributed by atoms with Gasteiger partial charge in [0.15, 0.2) is 0 Å². The van der Waals surface area contributed by atoms with Crippen LogP contribution >= 0.6 is 0 Å². The number of rotatable bonds is 3. The summed E-state index contributed by atoms with van der Waals surface area (Å²) < 4.78 is 5.31. The highest BCUT2D eigenvalue weighted by atomic mass is 16.3. The van der Waals surface area contributed by atoms with Crippen LogP contribution in [0, 0.1) is 13.8 Å². The molecule has 19 heavy (non-hydrogen) atoms. The van der Waals surface area contributed by atoms with E-state index in [2.05, 4.69) is 15.5 Å². The maximum atomic E-state index is 11.9. The van der Waals surface area contributed by atoms with E-state index in [-0.39, 0.29) is 5.91 Å². The van der Waals surface area contributed by atoms with Crippen LogP contribution in [-0.4, -0.2) is 16.6 Å². The summed E-state index contributed by atoms with van der Waals surface area (Å²) in [7, 11) is 0. The predicted molar refractivity (Wildman–Crippen MR) is 72.1 cm³/mol. The fourth-order valence-corrected chi connectivity index (χ4v) is 1.69. The van der Waals surface area contributed by atoms with Gasteiger partial charge < -0.3 is 4.42 Å². The molecule has 0 atom stereocenters. The number of nitrogens with one attached hydrogen (secondary N) is 1. The van der Waals surface area contributed by atoms with Crippen molar-refractivity contribution in [3.63, 3.8) is 0 Å². The number of furan rings is 1. The maximum Gasteiger partial charge on any atom is 0.274 e. The van der Waals surface area contributed by atoms with Crippen LogP contribution < -0.4 is 5.43 Å². The van der Waals surface area contributed by atoms with E-state index in [0.29, 0.717) is 22.8 Å².